The van der Waals surface area contributed by atoms with Crippen molar-refractivity contribution in [1.82, 2.24) is 20.4 Å². The number of aryl methyl sites for hydroxylation is 1. The Hall–Kier alpha value is -0.980. The molecular weight excluding hydrogens is 308 g/mol. The summed E-state index contributed by atoms with van der Waals surface area (Å²) in [6.45, 7) is 8.48. The Morgan fingerprint density at radius 3 is 2.52 bits per heavy atom. The maximum Gasteiger partial charge on any atom is 0.269 e. The third-order valence-corrected chi connectivity index (χ3v) is 4.24. The molecule has 2 rings (SSSR count). The van der Waals surface area contributed by atoms with Crippen molar-refractivity contribution >= 4 is 23.7 Å². The topological polar surface area (TPSA) is 63.8 Å². The van der Waals surface area contributed by atoms with Crippen LogP contribution in [0.2, 0.25) is 0 Å². The standard InChI is InChI=1S/C14H22N4OS.ClH/c1-8(2)6-12-16-10(4)13(20-12)14-17-11(18-19-14)7-9(3)15-5;/h8-9,15H,6-7H2,1-5H3;1H. The SMILES string of the molecule is CNC(C)Cc1noc(-c2sc(CC(C)C)nc2C)n1.Cl. The predicted octanol–water partition coefficient (Wildman–Crippen LogP) is 3.27. The second-order valence-corrected chi connectivity index (χ2v) is 6.61. The fraction of sp³-hybridized carbons (Fsp3) is 0.643. The highest BCUT2D eigenvalue weighted by Gasteiger charge is 2.17. The molecule has 0 amide bonds. The lowest BCUT2D eigenvalue weighted by Crippen LogP contribution is -2.24. The van der Waals surface area contributed by atoms with Crippen LogP contribution in [0.1, 0.15) is 37.3 Å². The minimum absolute atomic E-state index is 0. The molecule has 0 aliphatic heterocycles. The van der Waals surface area contributed by atoms with E-state index in [2.05, 4.69) is 41.2 Å². The molecule has 0 aliphatic carbocycles. The van der Waals surface area contributed by atoms with Crippen molar-refractivity contribution in [2.75, 3.05) is 7.05 Å². The zero-order chi connectivity index (χ0) is 14.7. The highest BCUT2D eigenvalue weighted by Crippen LogP contribution is 2.29. The first-order valence-corrected chi connectivity index (χ1v) is 7.77. The average Bonchev–Trinajstić information content (AvgIpc) is 2.95. The van der Waals surface area contributed by atoms with Crippen LogP contribution in [-0.4, -0.2) is 28.2 Å². The van der Waals surface area contributed by atoms with Crippen LogP contribution < -0.4 is 5.32 Å². The molecule has 0 radical (unpaired) electrons. The molecule has 2 aromatic rings. The molecule has 0 bridgehead atoms. The minimum atomic E-state index is 0. The Morgan fingerprint density at radius 2 is 1.90 bits per heavy atom. The molecule has 5 nitrogen and oxygen atoms in total. The quantitative estimate of drug-likeness (QED) is 0.880. The molecule has 0 fully saturated rings. The van der Waals surface area contributed by atoms with E-state index >= 15 is 0 Å². The highest BCUT2D eigenvalue weighted by molar-refractivity contribution is 7.15. The molecule has 2 aromatic heterocycles. The van der Waals surface area contributed by atoms with Gasteiger partial charge in [0.15, 0.2) is 5.82 Å². The summed E-state index contributed by atoms with van der Waals surface area (Å²) in [4.78, 5) is 10.1. The van der Waals surface area contributed by atoms with Gasteiger partial charge in [0.1, 0.15) is 4.88 Å². The van der Waals surface area contributed by atoms with Gasteiger partial charge in [-0.3, -0.25) is 0 Å². The van der Waals surface area contributed by atoms with Crippen LogP contribution in [0.15, 0.2) is 4.52 Å². The molecule has 118 valence electrons. The maximum atomic E-state index is 5.38. The molecule has 0 aromatic carbocycles. The Morgan fingerprint density at radius 1 is 1.19 bits per heavy atom. The summed E-state index contributed by atoms with van der Waals surface area (Å²) in [7, 11) is 1.93. The van der Waals surface area contributed by atoms with E-state index in [9.17, 15) is 0 Å². The van der Waals surface area contributed by atoms with Crippen molar-refractivity contribution in [2.24, 2.45) is 5.92 Å². The van der Waals surface area contributed by atoms with Crippen molar-refractivity contribution in [3.05, 3.63) is 16.5 Å². The number of likely N-dealkylation sites (N-methyl/N-ethyl adjacent to an activating group) is 1. The van der Waals surface area contributed by atoms with Gasteiger partial charge in [0.05, 0.1) is 10.7 Å². The van der Waals surface area contributed by atoms with Crippen molar-refractivity contribution in [3.63, 3.8) is 0 Å². The van der Waals surface area contributed by atoms with E-state index in [1.54, 1.807) is 11.3 Å². The first kappa shape index (κ1) is 18.1. The molecule has 2 heterocycles. The molecule has 0 spiro atoms. The molecule has 0 saturated carbocycles. The monoisotopic (exact) mass is 330 g/mol. The number of halogens is 1. The largest absolute Gasteiger partial charge is 0.333 e. The summed E-state index contributed by atoms with van der Waals surface area (Å²) < 4.78 is 5.38. The number of nitrogens with zero attached hydrogens (tertiary/aromatic N) is 3. The van der Waals surface area contributed by atoms with Gasteiger partial charge in [-0.1, -0.05) is 19.0 Å². The summed E-state index contributed by atoms with van der Waals surface area (Å²) in [6.07, 6.45) is 1.75. The van der Waals surface area contributed by atoms with Gasteiger partial charge in [0, 0.05) is 18.9 Å². The minimum Gasteiger partial charge on any atom is -0.333 e. The first-order chi connectivity index (χ1) is 9.49. The fourth-order valence-electron chi connectivity index (χ4n) is 1.89. The van der Waals surface area contributed by atoms with E-state index in [1.807, 2.05) is 14.0 Å². The lowest BCUT2D eigenvalue weighted by atomic mass is 10.1. The first-order valence-electron chi connectivity index (χ1n) is 6.96. The average molecular weight is 331 g/mol. The fourth-order valence-corrected chi connectivity index (χ4v) is 3.09. The van der Waals surface area contributed by atoms with Gasteiger partial charge >= 0.3 is 0 Å². The van der Waals surface area contributed by atoms with Crippen LogP contribution in [0.4, 0.5) is 0 Å². The molecular formula is C14H23ClN4OS. The Balaban J connectivity index is 0.00000220. The van der Waals surface area contributed by atoms with Crippen LogP contribution in [0.3, 0.4) is 0 Å². The molecule has 1 atom stereocenters. The number of nitrogens with one attached hydrogen (secondary N) is 1. The van der Waals surface area contributed by atoms with E-state index in [0.29, 0.717) is 17.9 Å². The molecule has 0 aliphatic rings. The number of thiazole rings is 1. The van der Waals surface area contributed by atoms with Gasteiger partial charge in [-0.15, -0.1) is 23.7 Å². The van der Waals surface area contributed by atoms with Crippen LogP contribution in [-0.2, 0) is 12.8 Å². The summed E-state index contributed by atoms with van der Waals surface area (Å²) >= 11 is 1.66. The van der Waals surface area contributed by atoms with Crippen LogP contribution in [0, 0.1) is 12.8 Å². The molecule has 7 heteroatoms. The van der Waals surface area contributed by atoms with Crippen LogP contribution in [0.25, 0.3) is 10.8 Å². The Labute approximate surface area is 136 Å². The van der Waals surface area contributed by atoms with E-state index in [0.717, 1.165) is 34.2 Å². The summed E-state index contributed by atoms with van der Waals surface area (Å²) in [5, 5.41) is 8.35. The maximum absolute atomic E-state index is 5.38. The number of aromatic nitrogens is 3. The number of hydrogen-bond acceptors (Lipinski definition) is 6. The zero-order valence-corrected chi connectivity index (χ0v) is 14.8. The van der Waals surface area contributed by atoms with E-state index < -0.39 is 0 Å². The van der Waals surface area contributed by atoms with Gasteiger partial charge in [0.2, 0.25) is 0 Å². The highest BCUT2D eigenvalue weighted by atomic mass is 35.5. The molecule has 1 N–H and O–H groups in total. The Kier molecular flexibility index (Phi) is 6.77. The van der Waals surface area contributed by atoms with Gasteiger partial charge in [0.25, 0.3) is 5.89 Å². The van der Waals surface area contributed by atoms with Crippen molar-refractivity contribution < 1.29 is 4.52 Å². The lowest BCUT2D eigenvalue weighted by molar-refractivity contribution is 0.418. The predicted molar refractivity (Wildman–Crippen MR) is 88.2 cm³/mol. The van der Waals surface area contributed by atoms with Gasteiger partial charge in [-0.25, -0.2) is 4.98 Å². The van der Waals surface area contributed by atoms with Crippen LogP contribution in [0.5, 0.6) is 0 Å². The second-order valence-electron chi connectivity index (χ2n) is 5.53. The molecule has 21 heavy (non-hydrogen) atoms. The van der Waals surface area contributed by atoms with Crippen molar-refractivity contribution in [2.45, 2.75) is 46.6 Å². The number of hydrogen-bond donors (Lipinski definition) is 1. The van der Waals surface area contributed by atoms with E-state index in [4.69, 9.17) is 4.52 Å². The second kappa shape index (κ2) is 7.87. The van der Waals surface area contributed by atoms with Crippen molar-refractivity contribution in [1.29, 1.82) is 0 Å². The van der Waals surface area contributed by atoms with Gasteiger partial charge in [-0.05, 0) is 26.8 Å². The van der Waals surface area contributed by atoms with E-state index in [-0.39, 0.29) is 12.4 Å². The third kappa shape index (κ3) is 4.76. The molecule has 1 unspecified atom stereocenters. The van der Waals surface area contributed by atoms with Gasteiger partial charge < -0.3 is 9.84 Å². The van der Waals surface area contributed by atoms with Crippen molar-refractivity contribution in [3.8, 4) is 10.8 Å². The summed E-state index contributed by atoms with van der Waals surface area (Å²) in [6, 6.07) is 0.333. The zero-order valence-electron chi connectivity index (χ0n) is 13.1. The number of rotatable bonds is 6. The smallest absolute Gasteiger partial charge is 0.269 e. The summed E-state index contributed by atoms with van der Waals surface area (Å²) in [5.74, 6) is 1.93. The molecule has 0 saturated heterocycles. The Bertz CT molecular complexity index is 567. The van der Waals surface area contributed by atoms with E-state index in [1.165, 1.54) is 0 Å². The lowest BCUT2D eigenvalue weighted by Gasteiger charge is -2.04. The van der Waals surface area contributed by atoms with Crippen LogP contribution >= 0.6 is 23.7 Å². The van der Waals surface area contributed by atoms with Gasteiger partial charge in [-0.2, -0.15) is 4.98 Å². The summed E-state index contributed by atoms with van der Waals surface area (Å²) in [5.41, 5.74) is 0.975. The normalized spacial score (nSPS) is 12.5. The third-order valence-electron chi connectivity index (χ3n) is 3.07.